The Labute approximate surface area is 200 Å². The summed E-state index contributed by atoms with van der Waals surface area (Å²) in [4.78, 5) is 27.5. The van der Waals surface area contributed by atoms with Gasteiger partial charge < -0.3 is 15.0 Å². The first kappa shape index (κ1) is 26.5. The monoisotopic (exact) mass is 495 g/mol. The van der Waals surface area contributed by atoms with Crippen LogP contribution in [0.15, 0.2) is 42.5 Å². The number of nitrogens with zero attached hydrogens (tertiary/aromatic N) is 2. The Balaban J connectivity index is 2.46. The van der Waals surface area contributed by atoms with Gasteiger partial charge in [0.1, 0.15) is 18.3 Å². The number of anilines is 1. The predicted octanol–water partition coefficient (Wildman–Crippen LogP) is 2.98. The molecule has 0 aromatic heterocycles. The van der Waals surface area contributed by atoms with Crippen molar-refractivity contribution in [2.75, 3.05) is 31.3 Å². The Morgan fingerprint density at radius 2 is 1.85 bits per heavy atom. The summed E-state index contributed by atoms with van der Waals surface area (Å²) in [7, 11) is -0.883. The number of halogens is 1. The standard InChI is InChI=1S/C23H30ClN3O5S/c1-6-20(23(29)25-3)26(14-17-10-8-7-9-16(17)2)22(28)15-27(33(5,30)31)18-11-12-21(32-4)19(24)13-18/h7-13,20H,6,14-15H2,1-5H3,(H,25,29). The van der Waals surface area contributed by atoms with Crippen molar-refractivity contribution >= 4 is 39.1 Å². The van der Waals surface area contributed by atoms with E-state index in [9.17, 15) is 18.0 Å². The minimum absolute atomic E-state index is 0.165. The fourth-order valence-electron chi connectivity index (χ4n) is 3.48. The van der Waals surface area contributed by atoms with E-state index in [4.69, 9.17) is 16.3 Å². The lowest BCUT2D eigenvalue weighted by molar-refractivity contribution is -0.140. The van der Waals surface area contributed by atoms with Gasteiger partial charge in [0.25, 0.3) is 0 Å². The Hall–Kier alpha value is -2.78. The van der Waals surface area contributed by atoms with Gasteiger partial charge in [-0.05, 0) is 42.7 Å². The minimum atomic E-state index is -3.84. The molecule has 10 heteroatoms. The summed E-state index contributed by atoms with van der Waals surface area (Å²) in [6.07, 6.45) is 1.38. The van der Waals surface area contributed by atoms with Crippen LogP contribution in [0.3, 0.4) is 0 Å². The average Bonchev–Trinajstić information content (AvgIpc) is 2.77. The van der Waals surface area contributed by atoms with Gasteiger partial charge in [0.2, 0.25) is 21.8 Å². The van der Waals surface area contributed by atoms with Gasteiger partial charge in [-0.3, -0.25) is 13.9 Å². The van der Waals surface area contributed by atoms with Crippen molar-refractivity contribution in [1.82, 2.24) is 10.2 Å². The summed E-state index contributed by atoms with van der Waals surface area (Å²) >= 11 is 6.19. The largest absolute Gasteiger partial charge is 0.495 e. The lowest BCUT2D eigenvalue weighted by atomic mass is 10.1. The van der Waals surface area contributed by atoms with Gasteiger partial charge in [0.05, 0.1) is 24.1 Å². The van der Waals surface area contributed by atoms with E-state index in [1.807, 2.05) is 31.2 Å². The molecular weight excluding hydrogens is 466 g/mol. The molecule has 2 amide bonds. The quantitative estimate of drug-likeness (QED) is 0.546. The maximum absolute atomic E-state index is 13.5. The van der Waals surface area contributed by atoms with E-state index in [-0.39, 0.29) is 23.2 Å². The van der Waals surface area contributed by atoms with Crippen molar-refractivity contribution in [2.45, 2.75) is 32.9 Å². The van der Waals surface area contributed by atoms with Crippen molar-refractivity contribution in [1.29, 1.82) is 0 Å². The van der Waals surface area contributed by atoms with Crippen molar-refractivity contribution in [3.05, 3.63) is 58.6 Å². The maximum Gasteiger partial charge on any atom is 0.244 e. The second-order valence-electron chi connectivity index (χ2n) is 7.57. The number of likely N-dealkylation sites (N-methyl/N-ethyl adjacent to an activating group) is 1. The summed E-state index contributed by atoms with van der Waals surface area (Å²) in [6.45, 7) is 3.40. The first-order valence-corrected chi connectivity index (χ1v) is 12.6. The molecule has 0 spiro atoms. The fourth-order valence-corrected chi connectivity index (χ4v) is 4.57. The number of hydrogen-bond acceptors (Lipinski definition) is 5. The van der Waals surface area contributed by atoms with Crippen molar-refractivity contribution in [3.8, 4) is 5.75 Å². The zero-order chi connectivity index (χ0) is 24.8. The zero-order valence-electron chi connectivity index (χ0n) is 19.5. The summed E-state index contributed by atoms with van der Waals surface area (Å²) in [5, 5.41) is 2.80. The molecule has 2 rings (SSSR count). The number of amides is 2. The summed E-state index contributed by atoms with van der Waals surface area (Å²) in [5.74, 6) is -0.448. The van der Waals surface area contributed by atoms with E-state index in [0.29, 0.717) is 12.2 Å². The van der Waals surface area contributed by atoms with Gasteiger partial charge in [0, 0.05) is 13.6 Å². The van der Waals surface area contributed by atoms with Crippen LogP contribution in [0.1, 0.15) is 24.5 Å². The third-order valence-electron chi connectivity index (χ3n) is 5.34. The molecule has 0 aliphatic rings. The molecule has 0 aliphatic carbocycles. The molecule has 1 N–H and O–H groups in total. The van der Waals surface area contributed by atoms with Crippen LogP contribution in [0.4, 0.5) is 5.69 Å². The summed E-state index contributed by atoms with van der Waals surface area (Å²) in [5.41, 5.74) is 2.05. The normalized spacial score (nSPS) is 12.1. The first-order chi connectivity index (χ1) is 15.5. The van der Waals surface area contributed by atoms with Gasteiger partial charge in [-0.15, -0.1) is 0 Å². The Morgan fingerprint density at radius 1 is 1.18 bits per heavy atom. The van der Waals surface area contributed by atoms with Gasteiger partial charge >= 0.3 is 0 Å². The third kappa shape index (κ3) is 6.61. The number of aryl methyl sites for hydroxylation is 1. The molecule has 33 heavy (non-hydrogen) atoms. The highest BCUT2D eigenvalue weighted by Crippen LogP contribution is 2.30. The van der Waals surface area contributed by atoms with Crippen molar-refractivity contribution in [2.24, 2.45) is 0 Å². The van der Waals surface area contributed by atoms with Crippen LogP contribution >= 0.6 is 11.6 Å². The van der Waals surface area contributed by atoms with Crippen LogP contribution in [0, 0.1) is 6.92 Å². The molecule has 180 valence electrons. The van der Waals surface area contributed by atoms with Crippen molar-refractivity contribution < 1.29 is 22.7 Å². The minimum Gasteiger partial charge on any atom is -0.495 e. The molecular formula is C23H30ClN3O5S. The van der Waals surface area contributed by atoms with Crippen LogP contribution in [0.25, 0.3) is 0 Å². The number of carbonyl (C=O) groups excluding carboxylic acids is 2. The van der Waals surface area contributed by atoms with Crippen molar-refractivity contribution in [3.63, 3.8) is 0 Å². The number of rotatable bonds is 10. The molecule has 2 aromatic carbocycles. The number of ether oxygens (including phenoxy) is 1. The number of nitrogens with one attached hydrogen (secondary N) is 1. The van der Waals surface area contributed by atoms with E-state index in [2.05, 4.69) is 5.32 Å². The molecule has 1 unspecified atom stereocenters. The molecule has 0 saturated carbocycles. The second-order valence-corrected chi connectivity index (χ2v) is 9.89. The van der Waals surface area contributed by atoms with E-state index in [1.165, 1.54) is 37.3 Å². The lowest BCUT2D eigenvalue weighted by Gasteiger charge is -2.33. The zero-order valence-corrected chi connectivity index (χ0v) is 21.0. The average molecular weight is 496 g/mol. The molecule has 8 nitrogen and oxygen atoms in total. The van der Waals surface area contributed by atoms with Crippen LogP contribution < -0.4 is 14.4 Å². The third-order valence-corrected chi connectivity index (χ3v) is 6.77. The number of hydrogen-bond donors (Lipinski definition) is 1. The molecule has 0 bridgehead atoms. The second kappa shape index (κ2) is 11.4. The van der Waals surface area contributed by atoms with Crippen LogP contribution in [0.2, 0.25) is 5.02 Å². The number of benzene rings is 2. The van der Waals surface area contributed by atoms with Crippen LogP contribution in [0.5, 0.6) is 5.75 Å². The Morgan fingerprint density at radius 3 is 2.36 bits per heavy atom. The van der Waals surface area contributed by atoms with E-state index < -0.39 is 28.5 Å². The highest BCUT2D eigenvalue weighted by Gasteiger charge is 2.31. The molecule has 1 atom stereocenters. The summed E-state index contributed by atoms with van der Waals surface area (Å²) in [6, 6.07) is 11.3. The Kier molecular flexibility index (Phi) is 9.13. The van der Waals surface area contributed by atoms with E-state index in [0.717, 1.165) is 21.7 Å². The maximum atomic E-state index is 13.5. The molecule has 0 fully saturated rings. The highest BCUT2D eigenvalue weighted by atomic mass is 35.5. The van der Waals surface area contributed by atoms with Gasteiger partial charge in [-0.1, -0.05) is 42.8 Å². The number of methoxy groups -OCH3 is 1. The molecule has 2 aromatic rings. The molecule has 0 heterocycles. The molecule has 0 saturated heterocycles. The van der Waals surface area contributed by atoms with Crippen LogP contribution in [-0.4, -0.2) is 58.1 Å². The smallest absolute Gasteiger partial charge is 0.244 e. The first-order valence-electron chi connectivity index (χ1n) is 10.4. The van der Waals surface area contributed by atoms with Gasteiger partial charge in [-0.25, -0.2) is 8.42 Å². The van der Waals surface area contributed by atoms with E-state index in [1.54, 1.807) is 6.92 Å². The van der Waals surface area contributed by atoms with Crippen LogP contribution in [-0.2, 0) is 26.2 Å². The number of sulfonamides is 1. The van der Waals surface area contributed by atoms with Gasteiger partial charge in [0.15, 0.2) is 0 Å². The fraction of sp³-hybridized carbons (Fsp3) is 0.391. The topological polar surface area (TPSA) is 96.0 Å². The highest BCUT2D eigenvalue weighted by molar-refractivity contribution is 7.92. The molecule has 0 aliphatic heterocycles. The van der Waals surface area contributed by atoms with Gasteiger partial charge in [-0.2, -0.15) is 0 Å². The number of carbonyl (C=O) groups is 2. The predicted molar refractivity (Wildman–Crippen MR) is 130 cm³/mol. The summed E-state index contributed by atoms with van der Waals surface area (Å²) < 4.78 is 31.3. The lowest BCUT2D eigenvalue weighted by Crippen LogP contribution is -2.51. The molecule has 0 radical (unpaired) electrons. The van der Waals surface area contributed by atoms with E-state index >= 15 is 0 Å². The SMILES string of the molecule is CCC(C(=O)NC)N(Cc1ccccc1C)C(=O)CN(c1ccc(OC)c(Cl)c1)S(C)(=O)=O. The Bertz CT molecular complexity index is 1110.